The van der Waals surface area contributed by atoms with Gasteiger partial charge in [0, 0.05) is 40.5 Å². The zero-order valence-corrected chi connectivity index (χ0v) is 15.0. The third-order valence-electron chi connectivity index (χ3n) is 5.32. The van der Waals surface area contributed by atoms with E-state index in [2.05, 4.69) is 18.0 Å². The maximum Gasteiger partial charge on any atom is 0.262 e. The van der Waals surface area contributed by atoms with Crippen LogP contribution in [-0.4, -0.2) is 29.9 Å². The van der Waals surface area contributed by atoms with Crippen molar-refractivity contribution >= 4 is 23.2 Å². The molecule has 2 aliphatic heterocycles. The summed E-state index contributed by atoms with van der Waals surface area (Å²) in [4.78, 5) is 17.6. The van der Waals surface area contributed by atoms with Gasteiger partial charge in [-0.2, -0.15) is 0 Å². The van der Waals surface area contributed by atoms with Crippen molar-refractivity contribution in [2.24, 2.45) is 0 Å². The van der Waals surface area contributed by atoms with Gasteiger partial charge >= 0.3 is 0 Å². The average Bonchev–Trinajstić information content (AvgIpc) is 2.84. The number of anilines is 1. The highest BCUT2D eigenvalue weighted by atomic mass is 35.5. The van der Waals surface area contributed by atoms with Crippen LogP contribution >= 0.6 is 11.6 Å². The van der Waals surface area contributed by atoms with Crippen molar-refractivity contribution in [1.82, 2.24) is 4.90 Å². The van der Waals surface area contributed by atoms with E-state index < -0.39 is 0 Å². The predicted molar refractivity (Wildman–Crippen MR) is 102 cm³/mol. The molecular weight excluding hydrogens is 332 g/mol. The normalized spacial score (nSPS) is 22.6. The van der Waals surface area contributed by atoms with Gasteiger partial charge in [-0.1, -0.05) is 29.8 Å². The zero-order chi connectivity index (χ0) is 17.4. The molecule has 0 saturated carbocycles. The largest absolute Gasteiger partial charge is 0.297 e. The van der Waals surface area contributed by atoms with E-state index in [0.717, 1.165) is 17.8 Å². The van der Waals surface area contributed by atoms with E-state index in [-0.39, 0.29) is 5.91 Å². The number of para-hydroxylation sites is 1. The van der Waals surface area contributed by atoms with Gasteiger partial charge < -0.3 is 0 Å². The highest BCUT2D eigenvalue weighted by Crippen LogP contribution is 2.36. The summed E-state index contributed by atoms with van der Waals surface area (Å²) in [5.74, 6) is -0.00179. The molecule has 128 valence electrons. The average molecular weight is 353 g/mol. The van der Waals surface area contributed by atoms with E-state index in [9.17, 15) is 4.79 Å². The highest BCUT2D eigenvalue weighted by Gasteiger charge is 2.36. The molecule has 1 fully saturated rings. The first-order chi connectivity index (χ1) is 12.1. The van der Waals surface area contributed by atoms with Crippen LogP contribution in [0.4, 0.5) is 5.69 Å². The van der Waals surface area contributed by atoms with E-state index in [0.29, 0.717) is 22.7 Å². The number of nitrogens with zero attached hydrogens (tertiary/aromatic N) is 2. The summed E-state index contributed by atoms with van der Waals surface area (Å²) in [6.45, 7) is 0. The lowest BCUT2D eigenvalue weighted by molar-refractivity contribution is 0.0991. The fourth-order valence-corrected chi connectivity index (χ4v) is 4.02. The van der Waals surface area contributed by atoms with Gasteiger partial charge in [0.05, 0.1) is 0 Å². The number of hydrogen-bond acceptors (Lipinski definition) is 2. The van der Waals surface area contributed by atoms with Crippen LogP contribution in [0, 0.1) is 0 Å². The molecule has 0 aliphatic carbocycles. The number of rotatable bonds is 3. The van der Waals surface area contributed by atoms with Crippen molar-refractivity contribution in [3.63, 3.8) is 0 Å². The van der Waals surface area contributed by atoms with Crippen molar-refractivity contribution in [1.29, 1.82) is 0 Å². The topological polar surface area (TPSA) is 23.6 Å². The molecule has 2 aliphatic rings. The molecule has 2 heterocycles. The van der Waals surface area contributed by atoms with E-state index >= 15 is 0 Å². The van der Waals surface area contributed by atoms with Crippen LogP contribution in [0.3, 0.4) is 0 Å². The summed E-state index contributed by atoms with van der Waals surface area (Å²) < 4.78 is 0. The second-order valence-electron chi connectivity index (χ2n) is 6.81. The van der Waals surface area contributed by atoms with Gasteiger partial charge in [-0.05, 0) is 62.4 Å². The fraction of sp³-hybridized carbons (Fsp3) is 0.286. The van der Waals surface area contributed by atoms with E-state index in [1.807, 2.05) is 35.2 Å². The smallest absolute Gasteiger partial charge is 0.262 e. The summed E-state index contributed by atoms with van der Waals surface area (Å²) in [7, 11) is 2.18. The number of carbonyl (C=O) groups is 1. The summed E-state index contributed by atoms with van der Waals surface area (Å²) in [6.07, 6.45) is 5.53. The molecule has 2 bridgehead atoms. The van der Waals surface area contributed by atoms with Crippen LogP contribution in [0.1, 0.15) is 29.6 Å². The second-order valence-corrected chi connectivity index (χ2v) is 7.25. The molecule has 1 saturated heterocycles. The molecule has 0 spiro atoms. The minimum absolute atomic E-state index is 0.00179. The van der Waals surface area contributed by atoms with Gasteiger partial charge in [-0.15, -0.1) is 0 Å². The van der Waals surface area contributed by atoms with Gasteiger partial charge in [-0.25, -0.2) is 0 Å². The second kappa shape index (κ2) is 6.66. The van der Waals surface area contributed by atoms with Crippen molar-refractivity contribution in [3.05, 3.63) is 77.0 Å². The fourth-order valence-electron chi connectivity index (χ4n) is 3.90. The Kier molecular flexibility index (Phi) is 4.36. The summed E-state index contributed by atoms with van der Waals surface area (Å²) in [5.41, 5.74) is 2.68. The standard InChI is InChI=1S/C21H21ClN2O/c1-23-18-11-12-19(23)14-20(13-18)24(17-5-3-2-4-6-17)21(25)15-7-9-16(22)10-8-15/h2-10,13,18-19H,11-12,14H2,1H3/t18-,19+/m1/s1. The molecule has 2 atom stereocenters. The lowest BCUT2D eigenvalue weighted by atomic mass is 10.0. The van der Waals surface area contributed by atoms with E-state index in [4.69, 9.17) is 11.6 Å². The maximum absolute atomic E-state index is 13.3. The Hall–Kier alpha value is -2.10. The van der Waals surface area contributed by atoms with Crippen molar-refractivity contribution in [3.8, 4) is 0 Å². The molecule has 3 nitrogen and oxygen atoms in total. The quantitative estimate of drug-likeness (QED) is 0.796. The van der Waals surface area contributed by atoms with E-state index in [1.165, 1.54) is 12.8 Å². The Labute approximate surface area is 153 Å². The van der Waals surface area contributed by atoms with Crippen LogP contribution in [0.25, 0.3) is 0 Å². The number of hydrogen-bond donors (Lipinski definition) is 0. The molecule has 1 amide bonds. The number of fused-ring (bicyclic) bond motifs is 2. The molecular formula is C21H21ClN2O. The first-order valence-corrected chi connectivity index (χ1v) is 9.09. The zero-order valence-electron chi connectivity index (χ0n) is 14.2. The van der Waals surface area contributed by atoms with Gasteiger partial charge in [-0.3, -0.25) is 14.6 Å². The molecule has 0 N–H and O–H groups in total. The summed E-state index contributed by atoms with van der Waals surface area (Å²) >= 11 is 5.98. The third kappa shape index (κ3) is 3.10. The Morgan fingerprint density at radius 3 is 2.48 bits per heavy atom. The minimum atomic E-state index is -0.00179. The van der Waals surface area contributed by atoms with Gasteiger partial charge in [0.1, 0.15) is 0 Å². The van der Waals surface area contributed by atoms with Crippen molar-refractivity contribution < 1.29 is 4.79 Å². The van der Waals surface area contributed by atoms with Crippen molar-refractivity contribution in [2.75, 3.05) is 11.9 Å². The Morgan fingerprint density at radius 2 is 1.80 bits per heavy atom. The molecule has 4 rings (SSSR count). The molecule has 4 heteroatoms. The van der Waals surface area contributed by atoms with Crippen molar-refractivity contribution in [2.45, 2.75) is 31.3 Å². The summed E-state index contributed by atoms with van der Waals surface area (Å²) in [6, 6.07) is 18.0. The Bertz CT molecular complexity index is 800. The molecule has 2 aromatic rings. The number of benzene rings is 2. The monoisotopic (exact) mass is 352 g/mol. The Morgan fingerprint density at radius 1 is 1.08 bits per heavy atom. The number of amides is 1. The predicted octanol–water partition coefficient (Wildman–Crippen LogP) is 4.74. The van der Waals surface area contributed by atoms with Crippen LogP contribution in [0.2, 0.25) is 5.02 Å². The van der Waals surface area contributed by atoms with E-state index in [1.54, 1.807) is 24.3 Å². The number of halogens is 1. The van der Waals surface area contributed by atoms with Crippen LogP contribution in [-0.2, 0) is 0 Å². The van der Waals surface area contributed by atoms with Gasteiger partial charge in [0.15, 0.2) is 0 Å². The number of likely N-dealkylation sites (N-methyl/N-ethyl adjacent to an activating group) is 1. The van der Waals surface area contributed by atoms with Crippen LogP contribution in [0.15, 0.2) is 66.4 Å². The molecule has 25 heavy (non-hydrogen) atoms. The molecule has 0 radical (unpaired) electrons. The molecule has 2 aromatic carbocycles. The maximum atomic E-state index is 13.3. The minimum Gasteiger partial charge on any atom is -0.297 e. The van der Waals surface area contributed by atoms with Crippen LogP contribution in [0.5, 0.6) is 0 Å². The molecule has 0 unspecified atom stereocenters. The third-order valence-corrected chi connectivity index (χ3v) is 5.57. The SMILES string of the molecule is CN1[C@H]2CC[C@@H]1C=C(N(C(=O)c1ccc(Cl)cc1)c1ccccc1)C2. The lowest BCUT2D eigenvalue weighted by Gasteiger charge is -2.35. The molecule has 0 aromatic heterocycles. The van der Waals surface area contributed by atoms with Gasteiger partial charge in [0.2, 0.25) is 0 Å². The van der Waals surface area contributed by atoms with Crippen LogP contribution < -0.4 is 4.90 Å². The first-order valence-electron chi connectivity index (χ1n) is 8.71. The number of carbonyl (C=O) groups excluding carboxylic acids is 1. The first kappa shape index (κ1) is 16.4. The highest BCUT2D eigenvalue weighted by molar-refractivity contribution is 6.30. The van der Waals surface area contributed by atoms with Gasteiger partial charge in [0.25, 0.3) is 5.91 Å². The summed E-state index contributed by atoms with van der Waals surface area (Å²) in [5, 5.41) is 0.638. The lowest BCUT2D eigenvalue weighted by Crippen LogP contribution is -2.40. The Balaban J connectivity index is 1.74.